The highest BCUT2D eigenvalue weighted by molar-refractivity contribution is 14.0. The highest BCUT2D eigenvalue weighted by Gasteiger charge is 2.19. The van der Waals surface area contributed by atoms with Gasteiger partial charge in [-0.05, 0) is 17.7 Å². The number of nitrogens with one attached hydrogen (secondary N) is 1. The van der Waals surface area contributed by atoms with Crippen LogP contribution in [0, 0.1) is 0 Å². The number of hydrogen-bond donors (Lipinski definition) is 1. The lowest BCUT2D eigenvalue weighted by molar-refractivity contribution is 0.172. The van der Waals surface area contributed by atoms with E-state index in [4.69, 9.17) is 11.6 Å². The largest absolute Gasteiger partial charge is 0.349 e. The first-order valence-corrected chi connectivity index (χ1v) is 8.79. The molecule has 0 radical (unpaired) electrons. The maximum absolute atomic E-state index is 5.95. The Morgan fingerprint density at radius 3 is 2.46 bits per heavy atom. The van der Waals surface area contributed by atoms with Gasteiger partial charge in [-0.2, -0.15) is 5.10 Å². The molecule has 0 bridgehead atoms. The fraction of sp³-hybridized carbons (Fsp3) is 0.471. The number of aryl methyl sites for hydroxylation is 1. The first kappa shape index (κ1) is 20.9. The van der Waals surface area contributed by atoms with E-state index in [1.165, 1.54) is 5.56 Å². The lowest BCUT2D eigenvalue weighted by atomic mass is 10.2. The van der Waals surface area contributed by atoms with Gasteiger partial charge in [-0.15, -0.1) is 24.0 Å². The topological polar surface area (TPSA) is 61.6 Å². The van der Waals surface area contributed by atoms with E-state index < -0.39 is 0 Å². The van der Waals surface area contributed by atoms with Crippen LogP contribution < -0.4 is 5.32 Å². The zero-order valence-corrected chi connectivity index (χ0v) is 18.2. The number of piperazine rings is 1. The Morgan fingerprint density at radius 2 is 1.88 bits per heavy atom. The van der Waals surface area contributed by atoms with E-state index in [0.29, 0.717) is 6.54 Å². The second-order valence-corrected chi connectivity index (χ2v) is 6.53. The molecule has 1 aromatic carbocycles. The van der Waals surface area contributed by atoms with Crippen LogP contribution in [0.5, 0.6) is 0 Å². The lowest BCUT2D eigenvalue weighted by Gasteiger charge is -2.36. The second-order valence-electron chi connectivity index (χ2n) is 6.09. The molecular formula is C17H25ClIN7. The molecule has 0 unspecified atom stereocenters. The summed E-state index contributed by atoms with van der Waals surface area (Å²) in [5.74, 6) is 1.80. The zero-order chi connectivity index (χ0) is 17.6. The average molecular weight is 490 g/mol. The molecule has 7 nitrogen and oxygen atoms in total. The van der Waals surface area contributed by atoms with Gasteiger partial charge in [-0.1, -0.05) is 23.7 Å². The Hall–Kier alpha value is -1.39. The number of hydrogen-bond acceptors (Lipinski definition) is 4. The smallest absolute Gasteiger partial charge is 0.194 e. The second kappa shape index (κ2) is 10.1. The summed E-state index contributed by atoms with van der Waals surface area (Å²) in [6, 6.07) is 8.09. The summed E-state index contributed by atoms with van der Waals surface area (Å²) in [7, 11) is 3.71. The monoisotopic (exact) mass is 489 g/mol. The Balaban J connectivity index is 0.00000243. The number of halogens is 2. The molecule has 3 rings (SSSR count). The predicted molar refractivity (Wildman–Crippen MR) is 115 cm³/mol. The van der Waals surface area contributed by atoms with Crippen LogP contribution in [0.3, 0.4) is 0 Å². The molecule has 1 fully saturated rings. The van der Waals surface area contributed by atoms with Gasteiger partial charge in [0.1, 0.15) is 12.2 Å². The Labute approximate surface area is 176 Å². The Morgan fingerprint density at radius 1 is 1.19 bits per heavy atom. The zero-order valence-electron chi connectivity index (χ0n) is 15.1. The third-order valence-electron chi connectivity index (χ3n) is 4.41. The summed E-state index contributed by atoms with van der Waals surface area (Å²) < 4.78 is 1.77. The molecule has 0 spiro atoms. The fourth-order valence-corrected chi connectivity index (χ4v) is 3.06. The summed E-state index contributed by atoms with van der Waals surface area (Å²) in [5.41, 5.74) is 1.29. The first-order chi connectivity index (χ1) is 12.2. The Kier molecular flexibility index (Phi) is 8.11. The van der Waals surface area contributed by atoms with Crippen LogP contribution in [0.25, 0.3) is 0 Å². The molecular weight excluding hydrogens is 465 g/mol. The Bertz CT molecular complexity index is 708. The minimum absolute atomic E-state index is 0. The first-order valence-electron chi connectivity index (χ1n) is 8.41. The van der Waals surface area contributed by atoms with E-state index >= 15 is 0 Å². The molecule has 142 valence electrons. The molecule has 0 aliphatic carbocycles. The van der Waals surface area contributed by atoms with Crippen LogP contribution in [-0.2, 0) is 20.1 Å². The van der Waals surface area contributed by atoms with E-state index in [-0.39, 0.29) is 24.0 Å². The van der Waals surface area contributed by atoms with Gasteiger partial charge < -0.3 is 10.2 Å². The standard InChI is InChI=1S/C17H24ClN7.HI/c1-19-17(20-11-16-21-13-22-23(16)2)25-9-7-24(8-10-25)12-14-3-5-15(18)6-4-14;/h3-6,13H,7-12H2,1-2H3,(H,19,20);1H. The minimum Gasteiger partial charge on any atom is -0.349 e. The molecule has 9 heteroatoms. The molecule has 0 atom stereocenters. The van der Waals surface area contributed by atoms with Crippen LogP contribution in [-0.4, -0.2) is 63.8 Å². The third-order valence-corrected chi connectivity index (χ3v) is 4.66. The van der Waals surface area contributed by atoms with Gasteiger partial charge >= 0.3 is 0 Å². The van der Waals surface area contributed by atoms with Crippen LogP contribution in [0.1, 0.15) is 11.4 Å². The molecule has 1 aliphatic heterocycles. The molecule has 1 saturated heterocycles. The molecule has 0 amide bonds. The quantitative estimate of drug-likeness (QED) is 0.404. The molecule has 1 N–H and O–H groups in total. The van der Waals surface area contributed by atoms with Crippen molar-refractivity contribution < 1.29 is 0 Å². The van der Waals surface area contributed by atoms with Gasteiger partial charge in [0.2, 0.25) is 0 Å². The van der Waals surface area contributed by atoms with Crippen molar-refractivity contribution in [2.24, 2.45) is 12.0 Å². The predicted octanol–water partition coefficient (Wildman–Crippen LogP) is 1.98. The molecule has 1 aliphatic rings. The summed E-state index contributed by atoms with van der Waals surface area (Å²) in [6.07, 6.45) is 1.56. The number of benzene rings is 1. The van der Waals surface area contributed by atoms with E-state index in [9.17, 15) is 0 Å². The number of aliphatic imine (C=N–C) groups is 1. The van der Waals surface area contributed by atoms with E-state index in [0.717, 1.165) is 49.5 Å². The van der Waals surface area contributed by atoms with Crippen molar-refractivity contribution in [1.29, 1.82) is 0 Å². The van der Waals surface area contributed by atoms with Crippen molar-refractivity contribution in [2.45, 2.75) is 13.1 Å². The van der Waals surface area contributed by atoms with Crippen LogP contribution in [0.4, 0.5) is 0 Å². The fourth-order valence-electron chi connectivity index (χ4n) is 2.94. The van der Waals surface area contributed by atoms with Crippen molar-refractivity contribution in [2.75, 3.05) is 33.2 Å². The van der Waals surface area contributed by atoms with E-state index in [1.807, 2.05) is 26.2 Å². The lowest BCUT2D eigenvalue weighted by Crippen LogP contribution is -2.52. The number of aromatic nitrogens is 3. The van der Waals surface area contributed by atoms with Gasteiger partial charge in [0.15, 0.2) is 5.96 Å². The molecule has 2 aromatic rings. The van der Waals surface area contributed by atoms with Gasteiger partial charge in [0.05, 0.1) is 6.54 Å². The number of nitrogens with zero attached hydrogens (tertiary/aromatic N) is 6. The third kappa shape index (κ3) is 5.55. The molecule has 0 saturated carbocycles. The molecule has 1 aromatic heterocycles. The SMILES string of the molecule is CN=C(NCc1ncnn1C)N1CCN(Cc2ccc(Cl)cc2)CC1.I. The number of rotatable bonds is 4. The van der Waals surface area contributed by atoms with Gasteiger partial charge in [0.25, 0.3) is 0 Å². The maximum atomic E-state index is 5.95. The maximum Gasteiger partial charge on any atom is 0.194 e. The van der Waals surface area contributed by atoms with Gasteiger partial charge in [0, 0.05) is 51.8 Å². The summed E-state index contributed by atoms with van der Waals surface area (Å²) in [6.45, 7) is 5.49. The van der Waals surface area contributed by atoms with Crippen molar-refractivity contribution in [3.05, 3.63) is 47.0 Å². The van der Waals surface area contributed by atoms with Crippen molar-refractivity contribution in [3.8, 4) is 0 Å². The molecule has 2 heterocycles. The summed E-state index contributed by atoms with van der Waals surface area (Å²) in [5, 5.41) is 8.24. The van der Waals surface area contributed by atoms with Gasteiger partial charge in [-0.3, -0.25) is 14.6 Å². The van der Waals surface area contributed by atoms with Crippen LogP contribution in [0.2, 0.25) is 5.02 Å². The van der Waals surface area contributed by atoms with E-state index in [1.54, 1.807) is 11.0 Å². The number of guanidine groups is 1. The highest BCUT2D eigenvalue weighted by Crippen LogP contribution is 2.13. The normalized spacial score (nSPS) is 15.7. The van der Waals surface area contributed by atoms with Crippen molar-refractivity contribution in [3.63, 3.8) is 0 Å². The van der Waals surface area contributed by atoms with Crippen molar-refractivity contribution >= 4 is 41.5 Å². The minimum atomic E-state index is 0. The summed E-state index contributed by atoms with van der Waals surface area (Å²) >= 11 is 5.95. The van der Waals surface area contributed by atoms with Crippen LogP contribution in [0.15, 0.2) is 35.6 Å². The van der Waals surface area contributed by atoms with Gasteiger partial charge in [-0.25, -0.2) is 4.98 Å². The summed E-state index contributed by atoms with van der Waals surface area (Å²) in [4.78, 5) is 13.4. The van der Waals surface area contributed by atoms with Crippen molar-refractivity contribution in [1.82, 2.24) is 29.9 Å². The van der Waals surface area contributed by atoms with E-state index in [2.05, 4.69) is 42.3 Å². The average Bonchev–Trinajstić information content (AvgIpc) is 3.04. The molecule has 26 heavy (non-hydrogen) atoms. The van der Waals surface area contributed by atoms with Crippen LogP contribution >= 0.6 is 35.6 Å². The highest BCUT2D eigenvalue weighted by atomic mass is 127.